The van der Waals surface area contributed by atoms with Gasteiger partial charge in [-0.1, -0.05) is 12.1 Å². The quantitative estimate of drug-likeness (QED) is 0.891. The first-order chi connectivity index (χ1) is 7.87. The highest BCUT2D eigenvalue weighted by Gasteiger charge is 2.44. The molecule has 0 unspecified atom stereocenters. The Labute approximate surface area is 94.8 Å². The van der Waals surface area contributed by atoms with Gasteiger partial charge in [0.05, 0.1) is 5.92 Å². The fourth-order valence-electron chi connectivity index (χ4n) is 1.75. The summed E-state index contributed by atoms with van der Waals surface area (Å²) in [5, 5.41) is 8.72. The van der Waals surface area contributed by atoms with Crippen LogP contribution >= 0.6 is 0 Å². The van der Waals surface area contributed by atoms with Crippen LogP contribution in [0.15, 0.2) is 24.3 Å². The van der Waals surface area contributed by atoms with Gasteiger partial charge in [0.15, 0.2) is 0 Å². The summed E-state index contributed by atoms with van der Waals surface area (Å²) in [5.41, 5.74) is 0.729. The maximum absolute atomic E-state index is 11.9. The molecule has 0 bridgehead atoms. The van der Waals surface area contributed by atoms with Crippen molar-refractivity contribution in [3.63, 3.8) is 0 Å². The average molecular weight is 246 g/mol. The van der Waals surface area contributed by atoms with E-state index in [-0.39, 0.29) is 11.7 Å². The van der Waals surface area contributed by atoms with Gasteiger partial charge in [-0.15, -0.1) is 13.2 Å². The summed E-state index contributed by atoms with van der Waals surface area (Å²) in [6.07, 6.45) is -4.17. The summed E-state index contributed by atoms with van der Waals surface area (Å²) < 4.78 is 39.4. The summed E-state index contributed by atoms with van der Waals surface area (Å²) >= 11 is 0. The fourth-order valence-corrected chi connectivity index (χ4v) is 1.75. The van der Waals surface area contributed by atoms with Crippen molar-refractivity contribution >= 4 is 5.97 Å². The zero-order valence-electron chi connectivity index (χ0n) is 8.57. The molecule has 1 fully saturated rings. The Morgan fingerprint density at radius 2 is 1.88 bits per heavy atom. The summed E-state index contributed by atoms with van der Waals surface area (Å²) in [6.45, 7) is 0. The van der Waals surface area contributed by atoms with Gasteiger partial charge in [0.2, 0.25) is 0 Å². The lowest BCUT2D eigenvalue weighted by atomic mass is 10.1. The molecule has 1 N–H and O–H groups in total. The molecule has 0 radical (unpaired) electrons. The molecule has 0 heterocycles. The highest BCUT2D eigenvalue weighted by molar-refractivity contribution is 5.75. The van der Waals surface area contributed by atoms with Crippen LogP contribution in [0.25, 0.3) is 0 Å². The molecule has 92 valence electrons. The van der Waals surface area contributed by atoms with E-state index in [0.29, 0.717) is 6.42 Å². The molecule has 0 saturated heterocycles. The molecular formula is C11H9F3O3. The number of carboxylic acids is 1. The predicted molar refractivity (Wildman–Crippen MR) is 51.6 cm³/mol. The standard InChI is InChI=1S/C11H9F3O3/c12-11(13,14)17-7-3-1-6(2-4-7)8-5-9(8)10(15)16/h1-4,8-9H,5H2,(H,15,16)/t8-,9-/m0/s1. The second kappa shape index (κ2) is 3.94. The van der Waals surface area contributed by atoms with Crippen molar-refractivity contribution in [1.29, 1.82) is 0 Å². The molecule has 1 aliphatic rings. The Balaban J connectivity index is 2.02. The minimum atomic E-state index is -4.70. The van der Waals surface area contributed by atoms with Gasteiger partial charge in [0.25, 0.3) is 0 Å². The Morgan fingerprint density at radius 1 is 1.29 bits per heavy atom. The molecule has 1 aromatic carbocycles. The number of alkyl halides is 3. The van der Waals surface area contributed by atoms with Gasteiger partial charge in [-0.2, -0.15) is 0 Å². The second-order valence-corrected chi connectivity index (χ2v) is 3.90. The fraction of sp³-hybridized carbons (Fsp3) is 0.364. The number of carbonyl (C=O) groups is 1. The van der Waals surface area contributed by atoms with Gasteiger partial charge in [0.1, 0.15) is 5.75 Å². The van der Waals surface area contributed by atoms with E-state index < -0.39 is 18.2 Å². The highest BCUT2D eigenvalue weighted by Crippen LogP contribution is 2.47. The van der Waals surface area contributed by atoms with Crippen LogP contribution in [0.1, 0.15) is 17.9 Å². The molecule has 3 nitrogen and oxygen atoms in total. The largest absolute Gasteiger partial charge is 0.573 e. The summed E-state index contributed by atoms with van der Waals surface area (Å²) in [5.74, 6) is -1.67. The number of rotatable bonds is 3. The zero-order valence-corrected chi connectivity index (χ0v) is 8.57. The molecule has 0 aromatic heterocycles. The first kappa shape index (κ1) is 11.8. The SMILES string of the molecule is O=C(O)[C@H]1C[C@H]1c1ccc(OC(F)(F)F)cc1. The van der Waals surface area contributed by atoms with Crippen LogP contribution in [0.5, 0.6) is 5.75 Å². The van der Waals surface area contributed by atoms with Crippen LogP contribution in [0, 0.1) is 5.92 Å². The molecule has 6 heteroatoms. The molecule has 0 aliphatic heterocycles. The molecule has 2 rings (SSSR count). The molecule has 1 saturated carbocycles. The third-order valence-corrected chi connectivity index (χ3v) is 2.65. The van der Waals surface area contributed by atoms with E-state index in [4.69, 9.17) is 5.11 Å². The highest BCUT2D eigenvalue weighted by atomic mass is 19.4. The average Bonchev–Trinajstić information content (AvgIpc) is 2.96. The first-order valence-electron chi connectivity index (χ1n) is 4.95. The number of hydrogen-bond donors (Lipinski definition) is 1. The number of benzene rings is 1. The van der Waals surface area contributed by atoms with Crippen LogP contribution in [0.3, 0.4) is 0 Å². The molecule has 17 heavy (non-hydrogen) atoms. The van der Waals surface area contributed by atoms with Crippen molar-refractivity contribution < 1.29 is 27.8 Å². The Kier molecular flexibility index (Phi) is 2.73. The molecule has 1 aliphatic carbocycles. The minimum Gasteiger partial charge on any atom is -0.481 e. The normalized spacial score (nSPS) is 23.2. The van der Waals surface area contributed by atoms with Gasteiger partial charge < -0.3 is 9.84 Å². The third-order valence-electron chi connectivity index (χ3n) is 2.65. The summed E-state index contributed by atoms with van der Waals surface area (Å²) in [7, 11) is 0. The molecule has 0 spiro atoms. The lowest BCUT2D eigenvalue weighted by Crippen LogP contribution is -2.17. The number of hydrogen-bond acceptors (Lipinski definition) is 2. The van der Waals surface area contributed by atoms with Crippen LogP contribution in [0.2, 0.25) is 0 Å². The number of halogens is 3. The van der Waals surface area contributed by atoms with E-state index in [2.05, 4.69) is 4.74 Å². The van der Waals surface area contributed by atoms with Gasteiger partial charge in [-0.25, -0.2) is 0 Å². The van der Waals surface area contributed by atoms with Gasteiger partial charge in [-0.3, -0.25) is 4.79 Å². The van der Waals surface area contributed by atoms with Gasteiger partial charge in [0, 0.05) is 0 Å². The summed E-state index contributed by atoms with van der Waals surface area (Å²) in [6, 6.07) is 5.32. The van der Waals surface area contributed by atoms with Crippen molar-refractivity contribution in [1.82, 2.24) is 0 Å². The molecular weight excluding hydrogens is 237 g/mol. The first-order valence-corrected chi connectivity index (χ1v) is 4.95. The van der Waals surface area contributed by atoms with E-state index in [1.54, 1.807) is 0 Å². The van der Waals surface area contributed by atoms with E-state index in [9.17, 15) is 18.0 Å². The van der Waals surface area contributed by atoms with Crippen molar-refractivity contribution in [3.8, 4) is 5.75 Å². The Hall–Kier alpha value is -1.72. The zero-order chi connectivity index (χ0) is 12.6. The maximum Gasteiger partial charge on any atom is 0.573 e. The van der Waals surface area contributed by atoms with Gasteiger partial charge in [-0.05, 0) is 30.0 Å². The van der Waals surface area contributed by atoms with Crippen LogP contribution < -0.4 is 4.74 Å². The Bertz CT molecular complexity index is 425. The van der Waals surface area contributed by atoms with E-state index in [1.165, 1.54) is 24.3 Å². The smallest absolute Gasteiger partial charge is 0.481 e. The van der Waals surface area contributed by atoms with Crippen molar-refractivity contribution in [2.45, 2.75) is 18.7 Å². The molecule has 2 atom stereocenters. The van der Waals surface area contributed by atoms with Crippen LogP contribution in [-0.2, 0) is 4.79 Å². The van der Waals surface area contributed by atoms with E-state index in [1.807, 2.05) is 0 Å². The third kappa shape index (κ3) is 2.89. The molecule has 0 amide bonds. The monoisotopic (exact) mass is 246 g/mol. The van der Waals surface area contributed by atoms with Crippen LogP contribution in [0.4, 0.5) is 13.2 Å². The number of ether oxygens (including phenoxy) is 1. The van der Waals surface area contributed by atoms with Crippen LogP contribution in [-0.4, -0.2) is 17.4 Å². The Morgan fingerprint density at radius 3 is 2.29 bits per heavy atom. The van der Waals surface area contributed by atoms with Crippen molar-refractivity contribution in [3.05, 3.63) is 29.8 Å². The second-order valence-electron chi connectivity index (χ2n) is 3.90. The van der Waals surface area contributed by atoms with Crippen molar-refractivity contribution in [2.24, 2.45) is 5.92 Å². The molecule has 1 aromatic rings. The predicted octanol–water partition coefficient (Wildman–Crippen LogP) is 2.77. The number of carboxylic acid groups (broad SMARTS) is 1. The summed E-state index contributed by atoms with van der Waals surface area (Å²) in [4.78, 5) is 10.6. The lowest BCUT2D eigenvalue weighted by molar-refractivity contribution is -0.274. The van der Waals surface area contributed by atoms with Gasteiger partial charge >= 0.3 is 12.3 Å². The van der Waals surface area contributed by atoms with Crippen molar-refractivity contribution in [2.75, 3.05) is 0 Å². The maximum atomic E-state index is 11.9. The topological polar surface area (TPSA) is 46.5 Å². The lowest BCUT2D eigenvalue weighted by Gasteiger charge is -2.09. The van der Waals surface area contributed by atoms with E-state index in [0.717, 1.165) is 5.56 Å². The van der Waals surface area contributed by atoms with E-state index >= 15 is 0 Å². The minimum absolute atomic E-state index is 0.0903. The number of aliphatic carboxylic acids is 1.